The second-order valence-corrected chi connectivity index (χ2v) is 5.82. The number of hydrogen-bond acceptors (Lipinski definition) is 2. The van der Waals surface area contributed by atoms with Crippen molar-refractivity contribution in [1.82, 2.24) is 4.98 Å². The topological polar surface area (TPSA) is 30.0 Å². The van der Waals surface area contributed by atoms with Gasteiger partial charge in [0, 0.05) is 23.1 Å². The number of pyridine rings is 1. The van der Waals surface area contributed by atoms with E-state index in [1.165, 1.54) is 32.1 Å². The van der Waals surface area contributed by atoms with Crippen LogP contribution in [0, 0.1) is 5.92 Å². The number of fused-ring (bicyclic) bond motifs is 1. The molecule has 0 aliphatic heterocycles. The van der Waals surface area contributed by atoms with Crippen molar-refractivity contribution in [3.63, 3.8) is 0 Å². The molecule has 1 aliphatic rings. The Kier molecular flexibility index (Phi) is 4.10. The highest BCUT2D eigenvalue weighted by Crippen LogP contribution is 2.26. The van der Waals surface area contributed by atoms with E-state index in [1.54, 1.807) is 6.20 Å². The summed E-state index contributed by atoms with van der Waals surface area (Å²) in [6.07, 6.45) is 10.2. The van der Waals surface area contributed by atoms with Gasteiger partial charge >= 0.3 is 0 Å². The molecule has 1 aliphatic carbocycles. The van der Waals surface area contributed by atoms with Crippen molar-refractivity contribution < 1.29 is 4.79 Å². The number of ketones is 1. The maximum atomic E-state index is 12.7. The molecule has 1 saturated carbocycles. The summed E-state index contributed by atoms with van der Waals surface area (Å²) in [4.78, 5) is 17.0. The van der Waals surface area contributed by atoms with Crippen LogP contribution in [0.4, 0.5) is 0 Å². The molecule has 0 radical (unpaired) electrons. The Bertz CT molecular complexity index is 597. The minimum Gasteiger partial charge on any atom is -0.294 e. The fraction of sp³-hybridized carbons (Fsp3) is 0.444. The van der Waals surface area contributed by atoms with E-state index in [1.807, 2.05) is 30.3 Å². The van der Waals surface area contributed by atoms with Crippen molar-refractivity contribution in [2.24, 2.45) is 5.92 Å². The van der Waals surface area contributed by atoms with Crippen LogP contribution in [-0.2, 0) is 0 Å². The first-order valence-corrected chi connectivity index (χ1v) is 7.73. The summed E-state index contributed by atoms with van der Waals surface area (Å²) in [5.74, 6) is 0.557. The first kappa shape index (κ1) is 13.3. The number of benzene rings is 1. The molecule has 0 bridgehead atoms. The molecule has 0 N–H and O–H groups in total. The normalized spacial score (nSPS) is 17.6. The maximum Gasteiger partial charge on any atom is 0.165 e. The van der Waals surface area contributed by atoms with Crippen molar-refractivity contribution in [3.8, 4) is 0 Å². The highest BCUT2D eigenvalue weighted by atomic mass is 16.1. The quantitative estimate of drug-likeness (QED) is 0.733. The van der Waals surface area contributed by atoms with Crippen LogP contribution in [0.15, 0.2) is 36.5 Å². The molecular weight excluding hydrogens is 246 g/mol. The van der Waals surface area contributed by atoms with Crippen LogP contribution in [0.1, 0.15) is 55.3 Å². The van der Waals surface area contributed by atoms with Crippen LogP contribution < -0.4 is 0 Å². The molecule has 20 heavy (non-hydrogen) atoms. The Labute approximate surface area is 120 Å². The molecule has 2 heteroatoms. The standard InChI is InChI=1S/C18H21NO/c20-18(14-7-4-2-1-3-5-8-14)16-10-11-17-15(13-16)9-6-12-19-17/h6,9-14H,1-5,7-8H2. The van der Waals surface area contributed by atoms with E-state index in [2.05, 4.69) is 4.98 Å². The smallest absolute Gasteiger partial charge is 0.165 e. The number of nitrogens with zero attached hydrogens (tertiary/aromatic N) is 1. The number of carbonyl (C=O) groups excluding carboxylic acids is 1. The molecule has 1 heterocycles. The zero-order chi connectivity index (χ0) is 13.8. The molecule has 1 fully saturated rings. The van der Waals surface area contributed by atoms with Gasteiger partial charge in [0.2, 0.25) is 0 Å². The Morgan fingerprint density at radius 1 is 1.00 bits per heavy atom. The van der Waals surface area contributed by atoms with Crippen molar-refractivity contribution in [1.29, 1.82) is 0 Å². The molecule has 0 unspecified atom stereocenters. The number of aromatic nitrogens is 1. The molecule has 0 spiro atoms. The predicted octanol–water partition coefficient (Wildman–Crippen LogP) is 4.78. The number of hydrogen-bond donors (Lipinski definition) is 0. The van der Waals surface area contributed by atoms with Gasteiger partial charge in [0.15, 0.2) is 5.78 Å². The van der Waals surface area contributed by atoms with Crippen molar-refractivity contribution in [2.45, 2.75) is 44.9 Å². The zero-order valence-corrected chi connectivity index (χ0v) is 11.8. The van der Waals surface area contributed by atoms with Gasteiger partial charge in [0.25, 0.3) is 0 Å². The molecule has 2 aromatic rings. The van der Waals surface area contributed by atoms with Crippen LogP contribution in [0.3, 0.4) is 0 Å². The third-order valence-electron chi connectivity index (χ3n) is 4.36. The third-order valence-corrected chi connectivity index (χ3v) is 4.36. The zero-order valence-electron chi connectivity index (χ0n) is 11.8. The largest absolute Gasteiger partial charge is 0.294 e. The monoisotopic (exact) mass is 267 g/mol. The minimum absolute atomic E-state index is 0.226. The molecule has 104 valence electrons. The number of rotatable bonds is 2. The van der Waals surface area contributed by atoms with E-state index in [4.69, 9.17) is 0 Å². The average molecular weight is 267 g/mol. The summed E-state index contributed by atoms with van der Waals surface area (Å²) in [5.41, 5.74) is 1.82. The van der Waals surface area contributed by atoms with E-state index >= 15 is 0 Å². The summed E-state index contributed by atoms with van der Waals surface area (Å²) in [6, 6.07) is 9.86. The highest BCUT2D eigenvalue weighted by molar-refractivity contribution is 6.00. The van der Waals surface area contributed by atoms with Gasteiger partial charge in [0.05, 0.1) is 5.52 Å². The molecule has 0 amide bonds. The van der Waals surface area contributed by atoms with E-state index in [0.717, 1.165) is 29.3 Å². The summed E-state index contributed by atoms with van der Waals surface area (Å²) in [5, 5.41) is 1.06. The van der Waals surface area contributed by atoms with Crippen LogP contribution in [0.25, 0.3) is 10.9 Å². The lowest BCUT2D eigenvalue weighted by molar-refractivity contribution is 0.0898. The lowest BCUT2D eigenvalue weighted by Crippen LogP contribution is -2.16. The summed E-state index contributed by atoms with van der Waals surface area (Å²) >= 11 is 0. The van der Waals surface area contributed by atoms with Gasteiger partial charge in [-0.2, -0.15) is 0 Å². The van der Waals surface area contributed by atoms with Gasteiger partial charge in [0.1, 0.15) is 0 Å². The van der Waals surface area contributed by atoms with Gasteiger partial charge < -0.3 is 0 Å². The highest BCUT2D eigenvalue weighted by Gasteiger charge is 2.20. The van der Waals surface area contributed by atoms with E-state index in [9.17, 15) is 4.79 Å². The van der Waals surface area contributed by atoms with E-state index in [0.29, 0.717) is 5.78 Å². The maximum absolute atomic E-state index is 12.7. The van der Waals surface area contributed by atoms with Crippen molar-refractivity contribution in [3.05, 3.63) is 42.1 Å². The Morgan fingerprint density at radius 2 is 1.75 bits per heavy atom. The average Bonchev–Trinajstić information content (AvgIpc) is 2.46. The lowest BCUT2D eigenvalue weighted by Gasteiger charge is -2.18. The van der Waals surface area contributed by atoms with Gasteiger partial charge in [-0.1, -0.05) is 38.2 Å². The first-order chi connectivity index (χ1) is 9.84. The molecular formula is C18H21NO. The fourth-order valence-corrected chi connectivity index (χ4v) is 3.18. The summed E-state index contributed by atoms with van der Waals surface area (Å²) in [7, 11) is 0. The van der Waals surface area contributed by atoms with Gasteiger partial charge in [-0.15, -0.1) is 0 Å². The number of carbonyl (C=O) groups is 1. The Balaban J connectivity index is 1.83. The Morgan fingerprint density at radius 3 is 2.55 bits per heavy atom. The van der Waals surface area contributed by atoms with E-state index in [-0.39, 0.29) is 5.92 Å². The van der Waals surface area contributed by atoms with Crippen LogP contribution in [0.2, 0.25) is 0 Å². The molecule has 1 aromatic carbocycles. The molecule has 3 rings (SSSR count). The fourth-order valence-electron chi connectivity index (χ4n) is 3.18. The summed E-state index contributed by atoms with van der Waals surface area (Å²) < 4.78 is 0. The van der Waals surface area contributed by atoms with Crippen LogP contribution in [-0.4, -0.2) is 10.8 Å². The van der Waals surface area contributed by atoms with E-state index < -0.39 is 0 Å². The minimum atomic E-state index is 0.226. The van der Waals surface area contributed by atoms with Crippen molar-refractivity contribution >= 4 is 16.7 Å². The first-order valence-electron chi connectivity index (χ1n) is 7.73. The van der Waals surface area contributed by atoms with Crippen LogP contribution >= 0.6 is 0 Å². The van der Waals surface area contributed by atoms with Gasteiger partial charge in [-0.25, -0.2) is 0 Å². The van der Waals surface area contributed by atoms with Gasteiger partial charge in [-0.05, 0) is 37.1 Å². The molecule has 0 atom stereocenters. The van der Waals surface area contributed by atoms with Crippen LogP contribution in [0.5, 0.6) is 0 Å². The van der Waals surface area contributed by atoms with Gasteiger partial charge in [-0.3, -0.25) is 9.78 Å². The number of Topliss-reactive ketones (excluding diaryl/α,β-unsaturated/α-hetero) is 1. The summed E-state index contributed by atoms with van der Waals surface area (Å²) in [6.45, 7) is 0. The SMILES string of the molecule is O=C(c1ccc2ncccc2c1)C1CCCCCCC1. The second-order valence-electron chi connectivity index (χ2n) is 5.82. The second kappa shape index (κ2) is 6.17. The van der Waals surface area contributed by atoms with Crippen molar-refractivity contribution in [2.75, 3.05) is 0 Å². The predicted molar refractivity (Wildman–Crippen MR) is 81.9 cm³/mol. The Hall–Kier alpha value is -1.70. The molecule has 1 aromatic heterocycles. The lowest BCUT2D eigenvalue weighted by atomic mass is 9.85. The molecule has 0 saturated heterocycles. The molecule has 2 nitrogen and oxygen atoms in total. The third kappa shape index (κ3) is 2.90.